The van der Waals surface area contributed by atoms with Crippen LogP contribution in [0.5, 0.6) is 0 Å². The van der Waals surface area contributed by atoms with Gasteiger partial charge in [-0.05, 0) is 151 Å². The largest absolute Gasteiger partial charge is 0.381 e. The molecule has 0 bridgehead atoms. The van der Waals surface area contributed by atoms with Crippen molar-refractivity contribution < 1.29 is 35.9 Å². The van der Waals surface area contributed by atoms with Gasteiger partial charge in [-0.25, -0.2) is 16.8 Å². The predicted molar refractivity (Wildman–Crippen MR) is 186 cm³/mol. The van der Waals surface area contributed by atoms with Crippen LogP contribution in [-0.4, -0.2) is 71.1 Å². The number of amides is 2. The van der Waals surface area contributed by atoms with Crippen LogP contribution in [0.4, 0.5) is 0 Å². The first-order valence-corrected chi connectivity index (χ1v) is 20.3. The maximum absolute atomic E-state index is 12.5. The van der Waals surface area contributed by atoms with Crippen molar-refractivity contribution >= 4 is 127 Å². The molecule has 0 aliphatic carbocycles. The van der Waals surface area contributed by atoms with E-state index in [0.29, 0.717) is 58.8 Å². The molecule has 0 aliphatic rings. The van der Waals surface area contributed by atoms with Crippen molar-refractivity contribution in [1.82, 2.24) is 10.6 Å². The van der Waals surface area contributed by atoms with Crippen LogP contribution >= 0.6 is 95.6 Å². The van der Waals surface area contributed by atoms with Crippen LogP contribution in [0.25, 0.3) is 0 Å². The molecule has 0 fully saturated rings. The van der Waals surface area contributed by atoms with Crippen molar-refractivity contribution in [2.45, 2.75) is 32.0 Å². The fourth-order valence-corrected chi connectivity index (χ4v) is 8.28. The van der Waals surface area contributed by atoms with Gasteiger partial charge in [0.1, 0.15) is 0 Å². The molecule has 0 saturated carbocycles. The van der Waals surface area contributed by atoms with Crippen molar-refractivity contribution in [3.8, 4) is 0 Å². The Morgan fingerprint density at radius 1 is 0.605 bits per heavy atom. The second-order valence-electron chi connectivity index (χ2n) is 8.75. The zero-order chi connectivity index (χ0) is 32.3. The molecule has 43 heavy (non-hydrogen) atoms. The molecule has 2 amide bonds. The molecule has 0 spiro atoms. The minimum absolute atomic E-state index is 0.0197. The Kier molecular flexibility index (Phi) is 16.3. The molecule has 2 aromatic rings. The summed E-state index contributed by atoms with van der Waals surface area (Å²) in [6.07, 6.45) is 1.83. The monoisotopic (exact) mass is 1020 g/mol. The maximum Gasteiger partial charge on any atom is 0.251 e. The van der Waals surface area contributed by atoms with E-state index in [4.69, 9.17) is 9.47 Å². The Bertz CT molecular complexity index is 1350. The second-order valence-corrected chi connectivity index (χ2v) is 29.6. The normalized spacial score (nSPS) is 12.6. The first-order chi connectivity index (χ1) is 20.0. The topological polar surface area (TPSA) is 145 Å². The fraction of sp³-hybridized carbons (Fsp3) is 0.440. The lowest BCUT2D eigenvalue weighted by Crippen LogP contribution is -2.26. The number of rotatable bonds is 16. The molecule has 0 atom stereocenters. The van der Waals surface area contributed by atoms with E-state index in [0.717, 1.165) is 0 Å². The highest BCUT2D eigenvalue weighted by Crippen LogP contribution is 2.44. The number of sulfone groups is 2. The van der Waals surface area contributed by atoms with Crippen molar-refractivity contribution in [2.75, 3.05) is 39.5 Å². The molecule has 0 radical (unpaired) electrons. The average Bonchev–Trinajstić information content (AvgIpc) is 2.94. The fourth-order valence-electron chi connectivity index (χ4n) is 3.30. The van der Waals surface area contributed by atoms with Crippen LogP contribution in [0.15, 0.2) is 58.3 Å². The number of carbonyl (C=O) groups is 2. The zero-order valence-electron chi connectivity index (χ0n) is 22.3. The third-order valence-electron chi connectivity index (χ3n) is 5.50. The van der Waals surface area contributed by atoms with E-state index in [1.54, 1.807) is 0 Å². The third-order valence-corrected chi connectivity index (χ3v) is 16.1. The molecule has 0 heterocycles. The standard InChI is InChI=1S/C25H28Br6N2O8S2/c26-24(27,28)42(36,37)20-8-1-6-18(16-20)22(34)32-10-3-12-40-14-5-15-41-13-4-11-33-23(35)19-7-2-9-21(17-19)43(38,39)25(29,30)31/h1-2,6-9,16-17H,3-5,10-15H2,(H,32,34)(H,33,35). The molecule has 2 rings (SSSR count). The van der Waals surface area contributed by atoms with Crippen LogP contribution in [0, 0.1) is 0 Å². The number of alkyl halides is 6. The van der Waals surface area contributed by atoms with E-state index < -0.39 is 22.6 Å². The van der Waals surface area contributed by atoms with Gasteiger partial charge >= 0.3 is 0 Å². The number of carbonyl (C=O) groups excluding carboxylic acids is 2. The molecule has 2 N–H and O–H groups in total. The number of hydrogen-bond donors (Lipinski definition) is 2. The number of ether oxygens (including phenoxy) is 2. The summed E-state index contributed by atoms with van der Waals surface area (Å²) >= 11 is 18.1. The Labute approximate surface area is 301 Å². The van der Waals surface area contributed by atoms with E-state index >= 15 is 0 Å². The van der Waals surface area contributed by atoms with Gasteiger partial charge in [0.05, 0.1) is 9.79 Å². The summed E-state index contributed by atoms with van der Waals surface area (Å²) in [7, 11) is -7.60. The molecule has 10 nitrogen and oxygen atoms in total. The van der Waals surface area contributed by atoms with Crippen molar-refractivity contribution in [3.63, 3.8) is 0 Å². The summed E-state index contributed by atoms with van der Waals surface area (Å²) in [5.41, 5.74) is 0.456. The molecule has 18 heteroatoms. The maximum atomic E-state index is 12.5. The van der Waals surface area contributed by atoms with Gasteiger partial charge in [-0.3, -0.25) is 9.59 Å². The van der Waals surface area contributed by atoms with Gasteiger partial charge in [-0.2, -0.15) is 0 Å². The molecule has 2 aromatic carbocycles. The van der Waals surface area contributed by atoms with Crippen molar-refractivity contribution in [3.05, 3.63) is 59.7 Å². The molecule has 0 aromatic heterocycles. The summed E-state index contributed by atoms with van der Waals surface area (Å²) in [4.78, 5) is 24.8. The predicted octanol–water partition coefficient (Wildman–Crippen LogP) is 6.19. The van der Waals surface area contributed by atoms with Crippen LogP contribution in [0.3, 0.4) is 0 Å². The van der Waals surface area contributed by atoms with Crippen molar-refractivity contribution in [2.24, 2.45) is 0 Å². The SMILES string of the molecule is O=C(NCCCOCCCOCCCNC(=O)c1cccc(S(=O)(=O)C(Br)(Br)Br)c1)c1cccc(S(=O)(=O)C(Br)(Br)Br)c1. The second kappa shape index (κ2) is 17.8. The summed E-state index contributed by atoms with van der Waals surface area (Å²) in [6.45, 7) is 2.56. The summed E-state index contributed by atoms with van der Waals surface area (Å²) in [6, 6.07) is 11.5. The molecule has 0 unspecified atom stereocenters. The molecular weight excluding hydrogens is 1000 g/mol. The van der Waals surface area contributed by atoms with Gasteiger partial charge in [-0.1, -0.05) is 12.1 Å². The quantitative estimate of drug-likeness (QED) is 0.150. The Morgan fingerprint density at radius 2 is 0.953 bits per heavy atom. The smallest absolute Gasteiger partial charge is 0.251 e. The number of hydrogen-bond acceptors (Lipinski definition) is 8. The highest BCUT2D eigenvalue weighted by Gasteiger charge is 2.38. The van der Waals surface area contributed by atoms with E-state index in [-0.39, 0.29) is 32.7 Å². The van der Waals surface area contributed by atoms with E-state index in [2.05, 4.69) is 106 Å². The highest BCUT2D eigenvalue weighted by molar-refractivity contribution is 9.42. The van der Waals surface area contributed by atoms with Gasteiger partial charge in [0.15, 0.2) is 0 Å². The van der Waals surface area contributed by atoms with Crippen molar-refractivity contribution in [1.29, 1.82) is 0 Å². The van der Waals surface area contributed by atoms with Crippen LogP contribution in [-0.2, 0) is 29.1 Å². The van der Waals surface area contributed by atoms with Gasteiger partial charge in [0.2, 0.25) is 22.6 Å². The number of halogens is 6. The number of benzene rings is 2. The van der Waals surface area contributed by atoms with Crippen LogP contribution < -0.4 is 10.6 Å². The minimum Gasteiger partial charge on any atom is -0.381 e. The summed E-state index contributed by atoms with van der Waals surface area (Å²) < 4.78 is 58.1. The summed E-state index contributed by atoms with van der Waals surface area (Å²) in [5.74, 6) is -0.773. The van der Waals surface area contributed by atoms with Gasteiger partial charge in [0.25, 0.3) is 11.8 Å². The van der Waals surface area contributed by atoms with E-state index in [1.165, 1.54) is 48.5 Å². The Morgan fingerprint density at radius 3 is 1.30 bits per heavy atom. The first kappa shape index (κ1) is 39.3. The molecule has 0 saturated heterocycles. The Hall–Kier alpha value is 0.0800. The lowest BCUT2D eigenvalue weighted by Gasteiger charge is -2.14. The molecular formula is C25H28Br6N2O8S2. The first-order valence-electron chi connectivity index (χ1n) is 12.5. The van der Waals surface area contributed by atoms with E-state index in [1.807, 2.05) is 0 Å². The van der Waals surface area contributed by atoms with Crippen LogP contribution in [0.1, 0.15) is 40.0 Å². The van der Waals surface area contributed by atoms with Gasteiger partial charge < -0.3 is 20.1 Å². The van der Waals surface area contributed by atoms with E-state index in [9.17, 15) is 26.4 Å². The summed E-state index contributed by atoms with van der Waals surface area (Å²) in [5, 5.41) is 5.49. The highest BCUT2D eigenvalue weighted by atomic mass is 80.0. The van der Waals surface area contributed by atoms with Gasteiger partial charge in [-0.15, -0.1) is 0 Å². The molecule has 0 aliphatic heterocycles. The minimum atomic E-state index is -3.80. The number of nitrogens with one attached hydrogen (secondary N) is 2. The lowest BCUT2D eigenvalue weighted by molar-refractivity contribution is 0.0792. The zero-order valence-corrected chi connectivity index (χ0v) is 33.5. The lowest BCUT2D eigenvalue weighted by atomic mass is 10.2. The van der Waals surface area contributed by atoms with Crippen LogP contribution in [0.2, 0.25) is 0 Å². The average molecular weight is 1030 g/mol. The third kappa shape index (κ3) is 12.3. The van der Waals surface area contributed by atoms with Gasteiger partial charge in [0, 0.05) is 50.6 Å². The Balaban J connectivity index is 1.55. The molecule has 240 valence electrons.